The van der Waals surface area contributed by atoms with Crippen LogP contribution >= 0.6 is 50.7 Å². The lowest BCUT2D eigenvalue weighted by Gasteiger charge is -2.32. The Morgan fingerprint density at radius 3 is 2.31 bits per heavy atom. The minimum absolute atomic E-state index is 0.258. The Morgan fingerprint density at radius 2 is 1.73 bits per heavy atom. The zero-order valence-electron chi connectivity index (χ0n) is 14.2. The molecule has 1 atom stereocenters. The molecule has 0 aliphatic rings. The number of hydrogen-bond donors (Lipinski definition) is 2. The first-order chi connectivity index (χ1) is 12.3. The summed E-state index contributed by atoms with van der Waals surface area (Å²) in [4.78, 5) is 12.6. The predicted molar refractivity (Wildman–Crippen MR) is 114 cm³/mol. The monoisotopic (exact) mass is 476 g/mol. The standard InChI is InChI=1S/C19H20BrCl3N2O/c1-2-3-12-19(22,23)18(24-16-10-8-15(21)9-11-16)25-17(26)13-4-6-14(20)7-5-13/h4-11,18,24H,2-3,12H2,1H3,(H,25,26). The lowest BCUT2D eigenvalue weighted by Crippen LogP contribution is -2.51. The maximum Gasteiger partial charge on any atom is 0.252 e. The molecule has 0 saturated heterocycles. The molecule has 0 heterocycles. The summed E-state index contributed by atoms with van der Waals surface area (Å²) in [5, 5.41) is 6.73. The van der Waals surface area contributed by atoms with E-state index in [-0.39, 0.29) is 5.91 Å². The van der Waals surface area contributed by atoms with Gasteiger partial charge in [0.25, 0.3) is 5.91 Å². The van der Waals surface area contributed by atoms with Gasteiger partial charge in [-0.3, -0.25) is 4.79 Å². The van der Waals surface area contributed by atoms with E-state index < -0.39 is 10.5 Å². The van der Waals surface area contributed by atoms with Crippen molar-refractivity contribution in [3.63, 3.8) is 0 Å². The number of carbonyl (C=O) groups is 1. The van der Waals surface area contributed by atoms with Crippen LogP contribution in [0.4, 0.5) is 5.69 Å². The number of nitrogens with one attached hydrogen (secondary N) is 2. The zero-order valence-corrected chi connectivity index (χ0v) is 18.1. The smallest absolute Gasteiger partial charge is 0.252 e. The van der Waals surface area contributed by atoms with E-state index in [2.05, 4.69) is 33.5 Å². The Morgan fingerprint density at radius 1 is 1.12 bits per heavy atom. The van der Waals surface area contributed by atoms with Crippen LogP contribution in [0.1, 0.15) is 36.5 Å². The number of hydrogen-bond acceptors (Lipinski definition) is 2. The molecule has 1 amide bonds. The summed E-state index contributed by atoms with van der Waals surface area (Å²) in [5.41, 5.74) is 1.29. The van der Waals surface area contributed by atoms with Crippen molar-refractivity contribution >= 4 is 62.3 Å². The second kappa shape index (κ2) is 9.84. The average Bonchev–Trinajstić information content (AvgIpc) is 2.61. The van der Waals surface area contributed by atoms with E-state index in [0.29, 0.717) is 17.0 Å². The van der Waals surface area contributed by atoms with Gasteiger partial charge < -0.3 is 10.6 Å². The fourth-order valence-corrected chi connectivity index (χ4v) is 3.21. The average molecular weight is 479 g/mol. The predicted octanol–water partition coefficient (Wildman–Crippen LogP) is 6.63. The lowest BCUT2D eigenvalue weighted by molar-refractivity contribution is 0.0937. The summed E-state index contributed by atoms with van der Waals surface area (Å²) in [7, 11) is 0. The van der Waals surface area contributed by atoms with E-state index >= 15 is 0 Å². The number of alkyl halides is 2. The van der Waals surface area contributed by atoms with Crippen molar-refractivity contribution in [1.82, 2.24) is 5.32 Å². The summed E-state index contributed by atoms with van der Waals surface area (Å²) in [6.07, 6.45) is 1.67. The third kappa shape index (κ3) is 6.34. The topological polar surface area (TPSA) is 41.1 Å². The van der Waals surface area contributed by atoms with Crippen LogP contribution in [0.3, 0.4) is 0 Å². The number of anilines is 1. The summed E-state index contributed by atoms with van der Waals surface area (Å²) < 4.78 is -0.266. The van der Waals surface area contributed by atoms with Gasteiger partial charge in [0.15, 0.2) is 4.33 Å². The molecule has 2 aromatic carbocycles. The van der Waals surface area contributed by atoms with Gasteiger partial charge in [-0.2, -0.15) is 0 Å². The lowest BCUT2D eigenvalue weighted by atomic mass is 10.1. The molecule has 3 nitrogen and oxygen atoms in total. The third-order valence-electron chi connectivity index (χ3n) is 3.82. The van der Waals surface area contributed by atoms with Crippen LogP contribution in [0.5, 0.6) is 0 Å². The van der Waals surface area contributed by atoms with Crippen molar-refractivity contribution in [3.05, 3.63) is 63.6 Å². The molecule has 26 heavy (non-hydrogen) atoms. The minimum Gasteiger partial charge on any atom is -0.363 e. The van der Waals surface area contributed by atoms with E-state index in [1.54, 1.807) is 24.3 Å². The van der Waals surface area contributed by atoms with Crippen molar-refractivity contribution in [2.75, 3.05) is 5.32 Å². The third-order valence-corrected chi connectivity index (χ3v) is 5.42. The van der Waals surface area contributed by atoms with Gasteiger partial charge in [0.2, 0.25) is 0 Å². The van der Waals surface area contributed by atoms with Crippen molar-refractivity contribution in [2.24, 2.45) is 0 Å². The second-order valence-electron chi connectivity index (χ2n) is 5.93. The fraction of sp³-hybridized carbons (Fsp3) is 0.316. The number of halogens is 4. The zero-order chi connectivity index (χ0) is 19.2. The maximum absolute atomic E-state index is 12.6. The second-order valence-corrected chi connectivity index (χ2v) is 8.82. The van der Waals surface area contributed by atoms with Crippen LogP contribution in [0.15, 0.2) is 53.0 Å². The van der Waals surface area contributed by atoms with Gasteiger partial charge in [0.1, 0.15) is 6.17 Å². The van der Waals surface area contributed by atoms with Crippen LogP contribution in [-0.2, 0) is 0 Å². The van der Waals surface area contributed by atoms with E-state index in [0.717, 1.165) is 23.0 Å². The number of carbonyl (C=O) groups excluding carboxylic acids is 1. The summed E-state index contributed by atoms with van der Waals surface area (Å²) >= 11 is 22.4. The molecule has 140 valence electrons. The molecule has 1 unspecified atom stereocenters. The molecular weight excluding hydrogens is 458 g/mol. The largest absolute Gasteiger partial charge is 0.363 e. The van der Waals surface area contributed by atoms with Gasteiger partial charge >= 0.3 is 0 Å². The normalized spacial score (nSPS) is 12.5. The highest BCUT2D eigenvalue weighted by Gasteiger charge is 2.35. The van der Waals surface area contributed by atoms with E-state index in [4.69, 9.17) is 34.8 Å². The molecule has 0 bridgehead atoms. The molecule has 0 aliphatic carbocycles. The van der Waals surface area contributed by atoms with Gasteiger partial charge in [0.05, 0.1) is 0 Å². The molecule has 7 heteroatoms. The minimum atomic E-state index is -1.17. The van der Waals surface area contributed by atoms with Crippen LogP contribution in [0, 0.1) is 0 Å². The Hall–Kier alpha value is -0.940. The highest BCUT2D eigenvalue weighted by atomic mass is 79.9. The van der Waals surface area contributed by atoms with E-state index in [9.17, 15) is 4.79 Å². The number of amides is 1. The number of unbranched alkanes of at least 4 members (excludes halogenated alkanes) is 1. The summed E-state index contributed by atoms with van der Waals surface area (Å²) in [5.74, 6) is -0.258. The fourth-order valence-electron chi connectivity index (χ4n) is 2.33. The van der Waals surface area contributed by atoms with Crippen molar-refractivity contribution in [1.29, 1.82) is 0 Å². The van der Waals surface area contributed by atoms with Gasteiger partial charge in [-0.25, -0.2) is 0 Å². The van der Waals surface area contributed by atoms with Crippen molar-refractivity contribution < 1.29 is 4.79 Å². The first-order valence-electron chi connectivity index (χ1n) is 8.28. The summed E-state index contributed by atoms with van der Waals surface area (Å²) in [6.45, 7) is 2.06. The molecule has 0 aliphatic heterocycles. The van der Waals surface area contributed by atoms with Crippen molar-refractivity contribution in [2.45, 2.75) is 36.7 Å². The number of rotatable bonds is 8. The summed E-state index contributed by atoms with van der Waals surface area (Å²) in [6, 6.07) is 14.2. The highest BCUT2D eigenvalue weighted by molar-refractivity contribution is 9.10. The Balaban J connectivity index is 2.19. The Labute approximate surface area is 177 Å². The van der Waals surface area contributed by atoms with Crippen LogP contribution in [0.25, 0.3) is 0 Å². The van der Waals surface area contributed by atoms with Gasteiger partial charge in [0, 0.05) is 20.7 Å². The Bertz CT molecular complexity index is 721. The van der Waals surface area contributed by atoms with Crippen LogP contribution in [-0.4, -0.2) is 16.4 Å². The SMILES string of the molecule is CCCCC(Cl)(Cl)C(NC(=O)c1ccc(Br)cc1)Nc1ccc(Cl)cc1. The molecule has 2 N–H and O–H groups in total. The van der Waals surface area contributed by atoms with Crippen LogP contribution < -0.4 is 10.6 Å². The molecule has 0 spiro atoms. The molecule has 0 saturated carbocycles. The highest BCUT2D eigenvalue weighted by Crippen LogP contribution is 2.32. The van der Waals surface area contributed by atoms with Crippen LogP contribution in [0.2, 0.25) is 5.02 Å². The Kier molecular flexibility index (Phi) is 8.08. The molecule has 2 aromatic rings. The number of benzene rings is 2. The quantitative estimate of drug-likeness (QED) is 0.330. The molecule has 2 rings (SSSR count). The molecular formula is C19H20BrCl3N2O. The first kappa shape index (κ1) is 21.4. The molecule has 0 aromatic heterocycles. The first-order valence-corrected chi connectivity index (χ1v) is 10.2. The molecule has 0 radical (unpaired) electrons. The molecule has 0 fully saturated rings. The van der Waals surface area contributed by atoms with Crippen molar-refractivity contribution in [3.8, 4) is 0 Å². The van der Waals surface area contributed by atoms with E-state index in [1.165, 1.54) is 0 Å². The van der Waals surface area contributed by atoms with Gasteiger partial charge in [-0.15, -0.1) is 0 Å². The van der Waals surface area contributed by atoms with Gasteiger partial charge in [-0.1, -0.05) is 70.5 Å². The van der Waals surface area contributed by atoms with Gasteiger partial charge in [-0.05, 0) is 55.0 Å². The van der Waals surface area contributed by atoms with E-state index in [1.807, 2.05) is 24.3 Å². The maximum atomic E-state index is 12.6.